The van der Waals surface area contributed by atoms with Crippen LogP contribution in [0.25, 0.3) is 0 Å². The first kappa shape index (κ1) is 12.5. The van der Waals surface area contributed by atoms with E-state index in [-0.39, 0.29) is 0 Å². The van der Waals surface area contributed by atoms with Gasteiger partial charge in [-0.25, -0.2) is 0 Å². The molecular weight excluding hydrogens is 282 g/mol. The fraction of sp³-hybridized carbons (Fsp3) is 0.600. The lowest BCUT2D eigenvalue weighted by molar-refractivity contribution is 0.761. The molecule has 0 aromatic heterocycles. The second-order valence-corrected chi connectivity index (χ2v) is 3.73. The monoisotopic (exact) mass is 298 g/mol. The van der Waals surface area contributed by atoms with Gasteiger partial charge in [0.05, 0.1) is 0 Å². The molecule has 0 rings (SSSR count). The minimum atomic E-state index is 0.648. The average molecular weight is 299 g/mol. The number of rotatable bonds is 7. The molecule has 0 amide bonds. The van der Waals surface area contributed by atoms with Crippen molar-refractivity contribution in [3.8, 4) is 0 Å². The van der Waals surface area contributed by atoms with Crippen LogP contribution < -0.4 is 0 Å². The van der Waals surface area contributed by atoms with Crippen LogP contribution in [-0.2, 0) is 0 Å². The summed E-state index contributed by atoms with van der Waals surface area (Å²) < 4.78 is 1.13. The van der Waals surface area contributed by atoms with Gasteiger partial charge in [-0.05, 0) is 25.7 Å². The Kier molecular flexibility index (Phi) is 12.0. The molecule has 0 nitrogen and oxygen atoms in total. The summed E-state index contributed by atoms with van der Waals surface area (Å²) in [4.78, 5) is 0. The molecule has 0 fully saturated rings. The summed E-state index contributed by atoms with van der Waals surface area (Å²) in [6, 6.07) is 0. The Balaban J connectivity index is 3.00. The van der Waals surface area contributed by atoms with Gasteiger partial charge in [0.25, 0.3) is 0 Å². The van der Waals surface area contributed by atoms with Gasteiger partial charge in [0.15, 0.2) is 0 Å². The van der Waals surface area contributed by atoms with Gasteiger partial charge in [0.1, 0.15) is 0 Å². The predicted molar refractivity (Wildman–Crippen MR) is 66.4 cm³/mol. The standard InChI is InChI=1S/C10H16ClI/c11-9-7-5-3-1-2-4-6-8-10-12/h5-8H,1-4,9-10H2. The third kappa shape index (κ3) is 10.5. The Bertz CT molecular complexity index is 114. The first-order valence-corrected chi connectivity index (χ1v) is 6.39. The number of unbranched alkanes of at least 4 members (excludes halogenated alkanes) is 3. The van der Waals surface area contributed by atoms with Crippen molar-refractivity contribution < 1.29 is 0 Å². The van der Waals surface area contributed by atoms with E-state index in [1.54, 1.807) is 0 Å². The Hall–Kier alpha value is 0.500. The Labute approximate surface area is 94.2 Å². The van der Waals surface area contributed by atoms with E-state index >= 15 is 0 Å². The van der Waals surface area contributed by atoms with E-state index < -0.39 is 0 Å². The highest BCUT2D eigenvalue weighted by atomic mass is 127. The summed E-state index contributed by atoms with van der Waals surface area (Å²) in [5, 5.41) is 0. The highest BCUT2D eigenvalue weighted by molar-refractivity contribution is 14.1. The number of halogens is 2. The van der Waals surface area contributed by atoms with Crippen molar-refractivity contribution in [2.24, 2.45) is 0 Å². The van der Waals surface area contributed by atoms with E-state index in [1.807, 2.05) is 6.08 Å². The summed E-state index contributed by atoms with van der Waals surface area (Å²) in [6.07, 6.45) is 13.6. The van der Waals surface area contributed by atoms with E-state index in [4.69, 9.17) is 11.6 Å². The Morgan fingerprint density at radius 1 is 0.917 bits per heavy atom. The van der Waals surface area contributed by atoms with Crippen molar-refractivity contribution in [3.05, 3.63) is 24.3 Å². The maximum atomic E-state index is 5.48. The van der Waals surface area contributed by atoms with Crippen LogP contribution in [0.2, 0.25) is 0 Å². The molecule has 12 heavy (non-hydrogen) atoms. The average Bonchev–Trinajstić information content (AvgIpc) is 2.10. The molecule has 0 aromatic carbocycles. The summed E-state index contributed by atoms with van der Waals surface area (Å²) in [5.74, 6) is 0.648. The summed E-state index contributed by atoms with van der Waals surface area (Å²) in [6.45, 7) is 0. The van der Waals surface area contributed by atoms with Crippen molar-refractivity contribution in [1.82, 2.24) is 0 Å². The van der Waals surface area contributed by atoms with Crippen LogP contribution in [0.5, 0.6) is 0 Å². The molecule has 0 radical (unpaired) electrons. The molecule has 0 atom stereocenters. The molecule has 0 aliphatic rings. The van der Waals surface area contributed by atoms with Crippen molar-refractivity contribution in [1.29, 1.82) is 0 Å². The van der Waals surface area contributed by atoms with E-state index in [9.17, 15) is 0 Å². The van der Waals surface area contributed by atoms with E-state index in [0.717, 1.165) is 4.43 Å². The van der Waals surface area contributed by atoms with Crippen LogP contribution in [0.1, 0.15) is 25.7 Å². The molecule has 2 heteroatoms. The van der Waals surface area contributed by atoms with Crippen LogP contribution in [0, 0.1) is 0 Å². The number of alkyl halides is 2. The van der Waals surface area contributed by atoms with Crippen molar-refractivity contribution >= 4 is 34.2 Å². The topological polar surface area (TPSA) is 0 Å². The van der Waals surface area contributed by atoms with Crippen molar-refractivity contribution in [3.63, 3.8) is 0 Å². The van der Waals surface area contributed by atoms with Gasteiger partial charge < -0.3 is 0 Å². The summed E-state index contributed by atoms with van der Waals surface area (Å²) in [7, 11) is 0. The second-order valence-electron chi connectivity index (χ2n) is 2.54. The molecule has 0 spiro atoms. The highest BCUT2D eigenvalue weighted by Gasteiger charge is 1.82. The molecule has 0 aromatic rings. The van der Waals surface area contributed by atoms with Gasteiger partial charge in [-0.15, -0.1) is 11.6 Å². The summed E-state index contributed by atoms with van der Waals surface area (Å²) in [5.41, 5.74) is 0. The first-order chi connectivity index (χ1) is 5.91. The van der Waals surface area contributed by atoms with Crippen LogP contribution in [0.15, 0.2) is 24.3 Å². The van der Waals surface area contributed by atoms with Crippen LogP contribution in [0.3, 0.4) is 0 Å². The third-order valence-electron chi connectivity index (χ3n) is 1.50. The molecule has 0 aliphatic heterocycles. The molecule has 0 heterocycles. The van der Waals surface area contributed by atoms with Crippen LogP contribution in [-0.4, -0.2) is 10.3 Å². The van der Waals surface area contributed by atoms with E-state index in [1.165, 1.54) is 25.7 Å². The summed E-state index contributed by atoms with van der Waals surface area (Å²) >= 11 is 7.84. The number of hydrogen-bond acceptors (Lipinski definition) is 0. The molecule has 0 unspecified atom stereocenters. The lowest BCUT2D eigenvalue weighted by Gasteiger charge is -1.91. The van der Waals surface area contributed by atoms with E-state index in [2.05, 4.69) is 40.8 Å². The lowest BCUT2D eigenvalue weighted by atomic mass is 10.2. The maximum Gasteiger partial charge on any atom is 0.0404 e. The fourth-order valence-electron chi connectivity index (χ4n) is 0.886. The van der Waals surface area contributed by atoms with Gasteiger partial charge in [-0.1, -0.05) is 46.9 Å². The molecule has 0 saturated carbocycles. The normalized spacial score (nSPS) is 11.8. The molecular formula is C10H16ClI. The first-order valence-electron chi connectivity index (χ1n) is 4.33. The fourth-order valence-corrected chi connectivity index (χ4v) is 1.37. The van der Waals surface area contributed by atoms with Gasteiger partial charge in [-0.3, -0.25) is 0 Å². The third-order valence-corrected chi connectivity index (χ3v) is 2.19. The van der Waals surface area contributed by atoms with Gasteiger partial charge in [0.2, 0.25) is 0 Å². The highest BCUT2D eigenvalue weighted by Crippen LogP contribution is 2.02. The largest absolute Gasteiger partial charge is 0.122 e. The zero-order chi connectivity index (χ0) is 9.07. The molecule has 0 bridgehead atoms. The minimum Gasteiger partial charge on any atom is -0.122 e. The van der Waals surface area contributed by atoms with Gasteiger partial charge in [0, 0.05) is 10.3 Å². The zero-order valence-electron chi connectivity index (χ0n) is 7.31. The lowest BCUT2D eigenvalue weighted by Crippen LogP contribution is -1.73. The Morgan fingerprint density at radius 3 is 2.00 bits per heavy atom. The molecule has 0 N–H and O–H groups in total. The van der Waals surface area contributed by atoms with Gasteiger partial charge >= 0.3 is 0 Å². The Morgan fingerprint density at radius 2 is 1.50 bits per heavy atom. The maximum absolute atomic E-state index is 5.48. The van der Waals surface area contributed by atoms with Crippen LogP contribution >= 0.6 is 34.2 Å². The van der Waals surface area contributed by atoms with Crippen molar-refractivity contribution in [2.45, 2.75) is 25.7 Å². The molecule has 0 saturated heterocycles. The van der Waals surface area contributed by atoms with Crippen molar-refractivity contribution in [2.75, 3.05) is 10.3 Å². The van der Waals surface area contributed by atoms with E-state index in [0.29, 0.717) is 5.88 Å². The second kappa shape index (κ2) is 11.5. The molecule has 0 aliphatic carbocycles. The predicted octanol–water partition coefficient (Wildman–Crippen LogP) is 4.33. The molecule has 70 valence electrons. The number of allylic oxidation sites excluding steroid dienone is 4. The SMILES string of the molecule is ClCC=CCCCCC=CCI. The van der Waals surface area contributed by atoms with Gasteiger partial charge in [-0.2, -0.15) is 0 Å². The van der Waals surface area contributed by atoms with Crippen LogP contribution in [0.4, 0.5) is 0 Å². The quantitative estimate of drug-likeness (QED) is 0.284. The zero-order valence-corrected chi connectivity index (χ0v) is 10.2. The number of hydrogen-bond donors (Lipinski definition) is 0. The minimum absolute atomic E-state index is 0.648. The smallest absolute Gasteiger partial charge is 0.0404 e.